The first-order valence-corrected chi connectivity index (χ1v) is 9.06. The Morgan fingerprint density at radius 3 is 2.63 bits per heavy atom. The van der Waals surface area contributed by atoms with Crippen LogP contribution in [0.15, 0.2) is 41.4 Å². The van der Waals surface area contributed by atoms with Gasteiger partial charge in [-0.2, -0.15) is 0 Å². The minimum Gasteiger partial charge on any atom is -0.493 e. The maximum Gasteiger partial charge on any atom is 0.161 e. The van der Waals surface area contributed by atoms with Gasteiger partial charge < -0.3 is 14.2 Å². The van der Waals surface area contributed by atoms with E-state index in [9.17, 15) is 0 Å². The molecule has 0 radical (unpaired) electrons. The zero-order chi connectivity index (χ0) is 19.2. The maximum absolute atomic E-state index is 9.14. The third-order valence-electron chi connectivity index (χ3n) is 4.76. The fourth-order valence-electron chi connectivity index (χ4n) is 3.38. The number of fused-ring (bicyclic) bond motifs is 1. The minimum absolute atomic E-state index is 0.189. The highest BCUT2D eigenvalue weighted by atomic mass is 16.5. The van der Waals surface area contributed by atoms with E-state index in [1.807, 2.05) is 43.3 Å². The molecular weight excluding hydrogens is 344 g/mol. The van der Waals surface area contributed by atoms with Crippen LogP contribution in [0.2, 0.25) is 0 Å². The van der Waals surface area contributed by atoms with Crippen molar-refractivity contribution in [3.8, 4) is 11.5 Å². The van der Waals surface area contributed by atoms with Crippen LogP contribution in [0.4, 0.5) is 5.69 Å². The van der Waals surface area contributed by atoms with E-state index < -0.39 is 0 Å². The van der Waals surface area contributed by atoms with Crippen LogP contribution in [0.1, 0.15) is 29.5 Å². The van der Waals surface area contributed by atoms with Gasteiger partial charge in [0.15, 0.2) is 11.5 Å². The second-order valence-corrected chi connectivity index (χ2v) is 6.43. The molecule has 1 heterocycles. The molecule has 0 spiro atoms. The number of anilines is 1. The van der Waals surface area contributed by atoms with Gasteiger partial charge >= 0.3 is 0 Å². The van der Waals surface area contributed by atoms with Gasteiger partial charge in [-0.3, -0.25) is 15.7 Å². The molecule has 2 aromatic rings. The van der Waals surface area contributed by atoms with Crippen molar-refractivity contribution in [3.05, 3.63) is 53.1 Å². The summed E-state index contributed by atoms with van der Waals surface area (Å²) in [7, 11) is 3.28. The fourth-order valence-corrected chi connectivity index (χ4v) is 3.38. The van der Waals surface area contributed by atoms with Gasteiger partial charge in [-0.1, -0.05) is 12.1 Å². The summed E-state index contributed by atoms with van der Waals surface area (Å²) in [5.41, 5.74) is 7.14. The van der Waals surface area contributed by atoms with Crippen LogP contribution in [0.25, 0.3) is 0 Å². The first-order valence-electron chi connectivity index (χ1n) is 9.06. The summed E-state index contributed by atoms with van der Waals surface area (Å²) in [6, 6.07) is 11.7. The quantitative estimate of drug-likeness (QED) is 0.694. The van der Waals surface area contributed by atoms with E-state index in [2.05, 4.69) is 5.48 Å². The second-order valence-electron chi connectivity index (χ2n) is 6.43. The molecule has 2 N–H and O–H groups in total. The topological polar surface area (TPSA) is 72.3 Å². The lowest BCUT2D eigenvalue weighted by atomic mass is 9.87. The third kappa shape index (κ3) is 4.23. The summed E-state index contributed by atoms with van der Waals surface area (Å²) in [6.07, 6.45) is 0.666. The van der Waals surface area contributed by atoms with Crippen molar-refractivity contribution in [1.29, 1.82) is 0 Å². The Morgan fingerprint density at radius 1 is 1.15 bits per heavy atom. The molecule has 1 aliphatic heterocycles. The summed E-state index contributed by atoms with van der Waals surface area (Å²) >= 11 is 0. The molecule has 0 saturated heterocycles. The average Bonchev–Trinajstić information content (AvgIpc) is 2.72. The first kappa shape index (κ1) is 19.2. The van der Waals surface area contributed by atoms with Crippen LogP contribution in [-0.4, -0.2) is 44.9 Å². The highest BCUT2D eigenvalue weighted by Crippen LogP contribution is 2.37. The molecular formula is C21H26N2O4. The van der Waals surface area contributed by atoms with E-state index in [4.69, 9.17) is 24.4 Å². The van der Waals surface area contributed by atoms with Gasteiger partial charge in [-0.25, -0.2) is 0 Å². The van der Waals surface area contributed by atoms with E-state index in [-0.39, 0.29) is 5.92 Å². The van der Waals surface area contributed by atoms with Gasteiger partial charge in [0.25, 0.3) is 0 Å². The minimum atomic E-state index is 0.189. The van der Waals surface area contributed by atoms with Crippen molar-refractivity contribution in [1.82, 2.24) is 0 Å². The van der Waals surface area contributed by atoms with Gasteiger partial charge in [-0.15, -0.1) is 0 Å². The molecule has 0 amide bonds. The van der Waals surface area contributed by atoms with Gasteiger partial charge in [0.05, 0.1) is 26.5 Å². The SMILES string of the molecule is CCOCC1CN=C(Cc2cccc(NO)c2)c2cc(OC)c(OC)cc21. The molecule has 0 saturated carbocycles. The van der Waals surface area contributed by atoms with Crippen molar-refractivity contribution in [3.63, 3.8) is 0 Å². The molecule has 1 atom stereocenters. The Hall–Kier alpha value is -2.57. The van der Waals surface area contributed by atoms with E-state index in [1.54, 1.807) is 14.2 Å². The molecule has 6 heteroatoms. The summed E-state index contributed by atoms with van der Waals surface area (Å²) in [6.45, 7) is 3.97. The van der Waals surface area contributed by atoms with Crippen LogP contribution in [0.3, 0.4) is 0 Å². The highest BCUT2D eigenvalue weighted by Gasteiger charge is 2.26. The molecule has 1 unspecified atom stereocenters. The number of hydrogen-bond donors (Lipinski definition) is 2. The fraction of sp³-hybridized carbons (Fsp3) is 0.381. The monoisotopic (exact) mass is 370 g/mol. The van der Waals surface area contributed by atoms with E-state index in [0.717, 1.165) is 16.8 Å². The zero-order valence-electron chi connectivity index (χ0n) is 16.0. The summed E-state index contributed by atoms with van der Waals surface area (Å²) < 4.78 is 16.7. The molecule has 144 valence electrons. The van der Waals surface area contributed by atoms with Crippen LogP contribution >= 0.6 is 0 Å². The van der Waals surface area contributed by atoms with Crippen LogP contribution in [0.5, 0.6) is 11.5 Å². The first-order chi connectivity index (χ1) is 13.2. The molecule has 0 aromatic heterocycles. The second kappa shape index (κ2) is 8.88. The van der Waals surface area contributed by atoms with Crippen molar-refractivity contribution >= 4 is 11.4 Å². The molecule has 27 heavy (non-hydrogen) atoms. The predicted molar refractivity (Wildman–Crippen MR) is 106 cm³/mol. The van der Waals surface area contributed by atoms with Crippen LogP contribution < -0.4 is 15.0 Å². The molecule has 2 aromatic carbocycles. The average molecular weight is 370 g/mol. The number of hydrogen-bond acceptors (Lipinski definition) is 6. The predicted octanol–water partition coefficient (Wildman–Crippen LogP) is 3.67. The summed E-state index contributed by atoms with van der Waals surface area (Å²) in [4.78, 5) is 4.84. The number of rotatable bonds is 8. The van der Waals surface area contributed by atoms with Gasteiger partial charge in [0.1, 0.15) is 0 Å². The van der Waals surface area contributed by atoms with E-state index in [0.29, 0.717) is 43.4 Å². The number of methoxy groups -OCH3 is 2. The standard InChI is InChI=1S/C21H26N2O4/c1-4-27-13-15-12-22-19(9-14-6-5-7-16(8-14)23-24)18-11-21(26-3)20(25-2)10-17(15)18/h5-8,10-11,15,23-24H,4,9,12-13H2,1-3H3. The lowest BCUT2D eigenvalue weighted by Gasteiger charge is -2.26. The molecule has 0 bridgehead atoms. The summed E-state index contributed by atoms with van der Waals surface area (Å²) in [5, 5.41) is 9.14. The molecule has 3 rings (SSSR count). The number of nitrogens with one attached hydrogen (secondary N) is 1. The molecule has 1 aliphatic rings. The van der Waals surface area contributed by atoms with Crippen LogP contribution in [0, 0.1) is 0 Å². The largest absolute Gasteiger partial charge is 0.493 e. The van der Waals surface area contributed by atoms with Crippen LogP contribution in [-0.2, 0) is 11.2 Å². The lowest BCUT2D eigenvalue weighted by molar-refractivity contribution is 0.133. The lowest BCUT2D eigenvalue weighted by Crippen LogP contribution is -2.23. The molecule has 0 aliphatic carbocycles. The van der Waals surface area contributed by atoms with Crippen molar-refractivity contribution < 1.29 is 19.4 Å². The zero-order valence-corrected chi connectivity index (χ0v) is 16.0. The number of benzene rings is 2. The van der Waals surface area contributed by atoms with E-state index >= 15 is 0 Å². The van der Waals surface area contributed by atoms with E-state index in [1.165, 1.54) is 5.56 Å². The Kier molecular flexibility index (Phi) is 6.32. The molecule has 6 nitrogen and oxygen atoms in total. The molecule has 0 fully saturated rings. The third-order valence-corrected chi connectivity index (χ3v) is 4.76. The Morgan fingerprint density at radius 2 is 1.93 bits per heavy atom. The summed E-state index contributed by atoms with van der Waals surface area (Å²) in [5.74, 6) is 1.59. The highest BCUT2D eigenvalue weighted by molar-refractivity contribution is 6.04. The number of aliphatic imine (C=N–C) groups is 1. The maximum atomic E-state index is 9.14. The van der Waals surface area contributed by atoms with Crippen molar-refractivity contribution in [2.45, 2.75) is 19.3 Å². The van der Waals surface area contributed by atoms with Crippen molar-refractivity contribution in [2.24, 2.45) is 4.99 Å². The number of nitrogens with zero attached hydrogens (tertiary/aromatic N) is 1. The van der Waals surface area contributed by atoms with Gasteiger partial charge in [-0.05, 0) is 42.3 Å². The Bertz CT molecular complexity index is 820. The number of ether oxygens (including phenoxy) is 3. The van der Waals surface area contributed by atoms with Gasteiger partial charge in [0, 0.05) is 36.8 Å². The Balaban J connectivity index is 1.98. The normalized spacial score (nSPS) is 15.7. The van der Waals surface area contributed by atoms with Crippen molar-refractivity contribution in [2.75, 3.05) is 39.5 Å². The Labute approximate surface area is 159 Å². The smallest absolute Gasteiger partial charge is 0.161 e. The van der Waals surface area contributed by atoms with Gasteiger partial charge in [0.2, 0.25) is 0 Å².